The molecule has 0 radical (unpaired) electrons. The average molecular weight is 326 g/mol. The Morgan fingerprint density at radius 2 is 2.00 bits per heavy atom. The molecule has 2 aliphatic rings. The molecule has 3 rings (SSSR count). The smallest absolute Gasteiger partial charge is 0.238 e. The molecule has 1 saturated carbocycles. The lowest BCUT2D eigenvalue weighted by Crippen LogP contribution is -2.44. The zero-order chi connectivity index (χ0) is 15.6. The normalized spacial score (nSPS) is 23.4. The molecule has 22 heavy (non-hydrogen) atoms. The van der Waals surface area contributed by atoms with Gasteiger partial charge in [-0.2, -0.15) is 0 Å². The van der Waals surface area contributed by atoms with Crippen molar-refractivity contribution in [3.05, 3.63) is 24.3 Å². The summed E-state index contributed by atoms with van der Waals surface area (Å²) in [6.07, 6.45) is 2.99. The molecule has 6 nitrogen and oxygen atoms in total. The molecule has 0 aromatic heterocycles. The number of rotatable bonds is 6. The van der Waals surface area contributed by atoms with Crippen molar-refractivity contribution in [2.75, 3.05) is 32.8 Å². The van der Waals surface area contributed by atoms with Crippen LogP contribution in [0.5, 0.6) is 5.75 Å². The number of primary sulfonamides is 1. The summed E-state index contributed by atoms with van der Waals surface area (Å²) in [4.78, 5) is 2.46. The van der Waals surface area contributed by atoms with Gasteiger partial charge >= 0.3 is 0 Å². The number of nitrogens with zero attached hydrogens (tertiary/aromatic N) is 1. The molecule has 122 valence electrons. The molecular weight excluding hydrogens is 304 g/mol. The van der Waals surface area contributed by atoms with E-state index in [1.54, 1.807) is 12.1 Å². The Kier molecular flexibility index (Phi) is 4.67. The van der Waals surface area contributed by atoms with Gasteiger partial charge in [-0.3, -0.25) is 4.90 Å². The Balaban J connectivity index is 1.44. The van der Waals surface area contributed by atoms with Crippen molar-refractivity contribution in [1.82, 2.24) is 4.90 Å². The van der Waals surface area contributed by atoms with Crippen molar-refractivity contribution >= 4 is 10.0 Å². The minimum Gasteiger partial charge on any atom is -0.492 e. The fourth-order valence-electron chi connectivity index (χ4n) is 2.71. The van der Waals surface area contributed by atoms with Crippen LogP contribution in [-0.4, -0.2) is 52.3 Å². The van der Waals surface area contributed by atoms with E-state index in [9.17, 15) is 8.42 Å². The van der Waals surface area contributed by atoms with Crippen molar-refractivity contribution in [2.45, 2.75) is 23.8 Å². The van der Waals surface area contributed by atoms with Gasteiger partial charge in [-0.1, -0.05) is 0 Å². The third-order valence-corrected chi connectivity index (χ3v) is 5.08. The van der Waals surface area contributed by atoms with Crippen LogP contribution in [0.25, 0.3) is 0 Å². The Morgan fingerprint density at radius 1 is 1.27 bits per heavy atom. The molecule has 1 heterocycles. The quantitative estimate of drug-likeness (QED) is 0.837. The minimum atomic E-state index is -3.64. The summed E-state index contributed by atoms with van der Waals surface area (Å²) in [5.74, 6) is 1.41. The highest BCUT2D eigenvalue weighted by atomic mass is 32.2. The second-order valence-electron chi connectivity index (χ2n) is 5.91. The molecule has 1 aliphatic carbocycles. The number of sulfonamides is 1. The molecule has 1 aromatic rings. The molecule has 0 amide bonds. The van der Waals surface area contributed by atoms with Crippen LogP contribution in [0, 0.1) is 5.92 Å². The maximum atomic E-state index is 11.2. The van der Waals surface area contributed by atoms with Crippen LogP contribution < -0.4 is 9.88 Å². The van der Waals surface area contributed by atoms with Gasteiger partial charge in [0.1, 0.15) is 12.4 Å². The van der Waals surface area contributed by atoms with Crippen LogP contribution in [0.2, 0.25) is 0 Å². The predicted molar refractivity (Wildman–Crippen MR) is 82.2 cm³/mol. The second-order valence-corrected chi connectivity index (χ2v) is 7.47. The number of benzene rings is 1. The summed E-state index contributed by atoms with van der Waals surface area (Å²) in [5, 5.41) is 5.06. The van der Waals surface area contributed by atoms with Crippen LogP contribution in [0.15, 0.2) is 29.2 Å². The van der Waals surface area contributed by atoms with Gasteiger partial charge in [-0.15, -0.1) is 0 Å². The highest BCUT2D eigenvalue weighted by molar-refractivity contribution is 7.89. The van der Waals surface area contributed by atoms with Crippen LogP contribution in [-0.2, 0) is 14.8 Å². The summed E-state index contributed by atoms with van der Waals surface area (Å²) < 4.78 is 33.8. The van der Waals surface area contributed by atoms with Crippen molar-refractivity contribution in [1.29, 1.82) is 0 Å². The van der Waals surface area contributed by atoms with E-state index in [4.69, 9.17) is 14.6 Å². The number of hydrogen-bond donors (Lipinski definition) is 1. The molecule has 7 heteroatoms. The van der Waals surface area contributed by atoms with Crippen LogP contribution in [0.4, 0.5) is 0 Å². The van der Waals surface area contributed by atoms with Gasteiger partial charge in [-0.05, 0) is 43.0 Å². The first-order valence-electron chi connectivity index (χ1n) is 7.62. The van der Waals surface area contributed by atoms with Gasteiger partial charge < -0.3 is 9.47 Å². The maximum Gasteiger partial charge on any atom is 0.238 e. The SMILES string of the molecule is NS(=O)(=O)c1ccc(OCCN2CCOC(C3CC3)C2)cc1. The molecule has 1 aromatic carbocycles. The molecule has 1 saturated heterocycles. The largest absolute Gasteiger partial charge is 0.492 e. The van der Waals surface area contributed by atoms with Crippen LogP contribution in [0.3, 0.4) is 0 Å². The maximum absolute atomic E-state index is 11.2. The number of nitrogens with two attached hydrogens (primary N) is 1. The molecule has 0 bridgehead atoms. The lowest BCUT2D eigenvalue weighted by atomic mass is 10.2. The topological polar surface area (TPSA) is 81.9 Å². The standard InChI is InChI=1S/C15H22N2O4S/c16-22(18,19)14-5-3-13(4-6-14)20-9-7-17-8-10-21-15(11-17)12-1-2-12/h3-6,12,15H,1-2,7-11H2,(H2,16,18,19). The minimum absolute atomic E-state index is 0.0975. The van der Waals surface area contributed by atoms with Crippen molar-refractivity contribution in [2.24, 2.45) is 11.1 Å². The van der Waals surface area contributed by atoms with E-state index in [2.05, 4.69) is 4.90 Å². The van der Waals surface area contributed by atoms with E-state index >= 15 is 0 Å². The van der Waals surface area contributed by atoms with Crippen molar-refractivity contribution in [3.63, 3.8) is 0 Å². The van der Waals surface area contributed by atoms with Gasteiger partial charge in [0.05, 0.1) is 17.6 Å². The molecular formula is C15H22N2O4S. The molecule has 2 fully saturated rings. The highest BCUT2D eigenvalue weighted by Crippen LogP contribution is 2.35. The van der Waals surface area contributed by atoms with E-state index in [0.29, 0.717) is 18.5 Å². The van der Waals surface area contributed by atoms with Crippen molar-refractivity contribution < 1.29 is 17.9 Å². The molecule has 1 unspecified atom stereocenters. The first kappa shape index (κ1) is 15.7. The molecule has 1 aliphatic heterocycles. The summed E-state index contributed by atoms with van der Waals surface area (Å²) in [6, 6.07) is 6.18. The van der Waals surface area contributed by atoms with E-state index in [0.717, 1.165) is 32.2 Å². The Bertz CT molecular complexity index is 598. The van der Waals surface area contributed by atoms with Gasteiger partial charge in [0.2, 0.25) is 10.0 Å². The molecule has 1 atom stereocenters. The van der Waals surface area contributed by atoms with Gasteiger partial charge in [0, 0.05) is 19.6 Å². The summed E-state index contributed by atoms with van der Waals surface area (Å²) in [6.45, 7) is 4.15. The van der Waals surface area contributed by atoms with E-state index in [-0.39, 0.29) is 4.90 Å². The number of ether oxygens (including phenoxy) is 2. The second kappa shape index (κ2) is 6.54. The predicted octanol–water partition coefficient (Wildman–Crippen LogP) is 0.824. The van der Waals surface area contributed by atoms with Crippen LogP contribution >= 0.6 is 0 Å². The molecule has 2 N–H and O–H groups in total. The number of morpholine rings is 1. The Morgan fingerprint density at radius 3 is 2.64 bits per heavy atom. The third kappa shape index (κ3) is 4.19. The third-order valence-electron chi connectivity index (χ3n) is 4.15. The lowest BCUT2D eigenvalue weighted by molar-refractivity contribution is -0.0416. The monoisotopic (exact) mass is 326 g/mol. The van der Waals surface area contributed by atoms with E-state index in [1.165, 1.54) is 25.0 Å². The zero-order valence-corrected chi connectivity index (χ0v) is 13.3. The van der Waals surface area contributed by atoms with E-state index in [1.807, 2.05) is 0 Å². The summed E-state index contributed by atoms with van der Waals surface area (Å²) in [7, 11) is -3.64. The molecule has 0 spiro atoms. The van der Waals surface area contributed by atoms with Crippen molar-refractivity contribution in [3.8, 4) is 5.75 Å². The summed E-state index contributed by atoms with van der Waals surface area (Å²) in [5.41, 5.74) is 0. The van der Waals surface area contributed by atoms with Gasteiger partial charge in [0.25, 0.3) is 0 Å². The lowest BCUT2D eigenvalue weighted by Gasteiger charge is -2.32. The van der Waals surface area contributed by atoms with Crippen LogP contribution in [0.1, 0.15) is 12.8 Å². The fraction of sp³-hybridized carbons (Fsp3) is 0.600. The number of hydrogen-bond acceptors (Lipinski definition) is 5. The van der Waals surface area contributed by atoms with Gasteiger partial charge in [-0.25, -0.2) is 13.6 Å². The Hall–Kier alpha value is -1.15. The average Bonchev–Trinajstić information content (AvgIpc) is 3.32. The fourth-order valence-corrected chi connectivity index (χ4v) is 3.22. The first-order valence-corrected chi connectivity index (χ1v) is 9.16. The van der Waals surface area contributed by atoms with E-state index < -0.39 is 10.0 Å². The Labute approximate surface area is 131 Å². The zero-order valence-electron chi connectivity index (χ0n) is 12.5. The first-order chi connectivity index (χ1) is 10.5. The van der Waals surface area contributed by atoms with Gasteiger partial charge in [0.15, 0.2) is 0 Å². The summed E-state index contributed by atoms with van der Waals surface area (Å²) >= 11 is 0. The highest BCUT2D eigenvalue weighted by Gasteiger charge is 2.34.